The maximum Gasteiger partial charge on any atom is 0.409 e. The molecule has 8 nitrogen and oxygen atoms in total. The average Bonchev–Trinajstić information content (AvgIpc) is 2.82. The third-order valence-electron chi connectivity index (χ3n) is 4.17. The van der Waals surface area contributed by atoms with Crippen LogP contribution in [0.5, 0.6) is 5.75 Å². The van der Waals surface area contributed by atoms with Gasteiger partial charge >= 0.3 is 6.18 Å². The first-order chi connectivity index (χ1) is 13.7. The number of para-hydroxylation sites is 2. The number of ether oxygens (including phenoxy) is 1. The van der Waals surface area contributed by atoms with Crippen LogP contribution in [0.1, 0.15) is 6.42 Å². The van der Waals surface area contributed by atoms with Crippen molar-refractivity contribution in [3.63, 3.8) is 0 Å². The Bertz CT molecular complexity index is 964. The molecule has 0 bridgehead atoms. The van der Waals surface area contributed by atoms with Crippen molar-refractivity contribution in [2.24, 2.45) is 0 Å². The van der Waals surface area contributed by atoms with Gasteiger partial charge in [0.1, 0.15) is 11.8 Å². The summed E-state index contributed by atoms with van der Waals surface area (Å²) in [5, 5.41) is 13.2. The number of nitro benzene ring substituents is 1. The zero-order valence-electron chi connectivity index (χ0n) is 14.7. The molecule has 29 heavy (non-hydrogen) atoms. The minimum atomic E-state index is -4.87. The molecule has 2 aromatic rings. The largest absolute Gasteiger partial charge is 0.483 e. The topological polar surface area (TPSA) is 102 Å². The van der Waals surface area contributed by atoms with Gasteiger partial charge < -0.3 is 10.1 Å². The molecule has 1 aliphatic rings. The van der Waals surface area contributed by atoms with E-state index in [0.29, 0.717) is 4.90 Å². The number of amides is 2. The van der Waals surface area contributed by atoms with Gasteiger partial charge in [-0.1, -0.05) is 18.2 Å². The number of hydrogen-bond acceptors (Lipinski definition) is 5. The van der Waals surface area contributed by atoms with Crippen LogP contribution >= 0.6 is 0 Å². The van der Waals surface area contributed by atoms with E-state index in [-0.39, 0.29) is 22.8 Å². The average molecular weight is 409 g/mol. The summed E-state index contributed by atoms with van der Waals surface area (Å²) in [6.45, 7) is -0.809. The molecule has 0 saturated carbocycles. The predicted molar refractivity (Wildman–Crippen MR) is 95.6 cm³/mol. The Kier molecular flexibility index (Phi) is 5.39. The Morgan fingerprint density at radius 3 is 2.66 bits per heavy atom. The number of carbonyl (C=O) groups excluding carboxylic acids is 2. The Labute approximate surface area is 162 Å². The maximum absolute atomic E-state index is 13.6. The van der Waals surface area contributed by atoms with Crippen LogP contribution in [-0.2, 0) is 9.59 Å². The van der Waals surface area contributed by atoms with E-state index < -0.39 is 42.0 Å². The highest BCUT2D eigenvalue weighted by molar-refractivity contribution is 6.05. The number of non-ortho nitro benzene ring substituents is 1. The number of benzene rings is 2. The van der Waals surface area contributed by atoms with Crippen LogP contribution in [0.3, 0.4) is 0 Å². The minimum Gasteiger partial charge on any atom is -0.483 e. The Morgan fingerprint density at radius 2 is 1.97 bits per heavy atom. The Hall–Kier alpha value is -3.63. The van der Waals surface area contributed by atoms with Gasteiger partial charge in [-0.2, -0.15) is 13.2 Å². The molecule has 2 amide bonds. The second-order valence-corrected chi connectivity index (χ2v) is 6.13. The van der Waals surface area contributed by atoms with Gasteiger partial charge in [0.15, 0.2) is 6.61 Å². The van der Waals surface area contributed by atoms with E-state index in [1.54, 1.807) is 0 Å². The van der Waals surface area contributed by atoms with E-state index in [4.69, 9.17) is 4.74 Å². The summed E-state index contributed by atoms with van der Waals surface area (Å²) >= 11 is 0. The highest BCUT2D eigenvalue weighted by Crippen LogP contribution is 2.37. The van der Waals surface area contributed by atoms with Crippen molar-refractivity contribution < 1.29 is 32.4 Å². The molecule has 0 fully saturated rings. The SMILES string of the molecule is O=C1CC(C(F)(F)F)N(C(=O)COc2cccc([N+](=O)[O-])c2)c2ccccc2N1. The Morgan fingerprint density at radius 1 is 1.24 bits per heavy atom. The summed E-state index contributed by atoms with van der Waals surface area (Å²) < 4.78 is 46.0. The normalized spacial score (nSPS) is 16.4. The first kappa shape index (κ1) is 20.1. The molecular weight excluding hydrogens is 395 g/mol. The molecule has 1 atom stereocenters. The van der Waals surface area contributed by atoms with Gasteiger partial charge in [-0.05, 0) is 18.2 Å². The second-order valence-electron chi connectivity index (χ2n) is 6.13. The third-order valence-corrected chi connectivity index (χ3v) is 4.17. The van der Waals surface area contributed by atoms with Crippen molar-refractivity contribution in [2.45, 2.75) is 18.6 Å². The van der Waals surface area contributed by atoms with Crippen LogP contribution in [-0.4, -0.2) is 35.6 Å². The van der Waals surface area contributed by atoms with E-state index in [2.05, 4.69) is 5.32 Å². The van der Waals surface area contributed by atoms with Crippen molar-refractivity contribution in [1.29, 1.82) is 0 Å². The highest BCUT2D eigenvalue weighted by atomic mass is 19.4. The molecule has 0 aliphatic carbocycles. The molecule has 152 valence electrons. The number of alkyl halides is 3. The summed E-state index contributed by atoms with van der Waals surface area (Å²) in [4.78, 5) is 35.2. The molecule has 0 saturated heterocycles. The van der Waals surface area contributed by atoms with Crippen LogP contribution < -0.4 is 15.0 Å². The molecule has 0 aromatic heterocycles. The molecule has 1 heterocycles. The van der Waals surface area contributed by atoms with Crippen molar-refractivity contribution in [3.8, 4) is 5.75 Å². The van der Waals surface area contributed by atoms with E-state index in [1.807, 2.05) is 0 Å². The standard InChI is InChI=1S/C18H14F3N3O5/c19-18(20,21)15-9-16(25)22-13-6-1-2-7-14(13)23(15)17(26)10-29-12-5-3-4-11(8-12)24(27)28/h1-8,15H,9-10H2,(H,22,25). The predicted octanol–water partition coefficient (Wildman–Crippen LogP) is 3.28. The van der Waals surface area contributed by atoms with Gasteiger partial charge in [0.2, 0.25) is 5.91 Å². The number of anilines is 2. The lowest BCUT2D eigenvalue weighted by atomic mass is 10.1. The monoisotopic (exact) mass is 409 g/mol. The fourth-order valence-corrected chi connectivity index (χ4v) is 2.90. The molecule has 1 unspecified atom stereocenters. The summed E-state index contributed by atoms with van der Waals surface area (Å²) in [5.74, 6) is -1.98. The van der Waals surface area contributed by atoms with Gasteiger partial charge in [0, 0.05) is 6.07 Å². The quantitative estimate of drug-likeness (QED) is 0.617. The zero-order chi connectivity index (χ0) is 21.2. The third kappa shape index (κ3) is 4.45. The zero-order valence-corrected chi connectivity index (χ0v) is 14.7. The highest BCUT2D eigenvalue weighted by Gasteiger charge is 2.49. The molecule has 1 N–H and O–H groups in total. The number of nitrogens with one attached hydrogen (secondary N) is 1. The number of nitro groups is 1. The second kappa shape index (κ2) is 7.78. The lowest BCUT2D eigenvalue weighted by Crippen LogP contribution is -2.51. The van der Waals surface area contributed by atoms with Gasteiger partial charge in [0.05, 0.1) is 28.8 Å². The van der Waals surface area contributed by atoms with Crippen LogP contribution in [0.4, 0.5) is 30.2 Å². The number of hydrogen-bond donors (Lipinski definition) is 1. The minimum absolute atomic E-state index is 0.0478. The lowest BCUT2D eigenvalue weighted by molar-refractivity contribution is -0.384. The van der Waals surface area contributed by atoms with Crippen molar-refractivity contribution in [3.05, 3.63) is 58.6 Å². The fraction of sp³-hybridized carbons (Fsp3) is 0.222. The van der Waals surface area contributed by atoms with Crippen molar-refractivity contribution in [1.82, 2.24) is 0 Å². The number of rotatable bonds is 4. The van der Waals surface area contributed by atoms with Crippen LogP contribution in [0.25, 0.3) is 0 Å². The smallest absolute Gasteiger partial charge is 0.409 e. The lowest BCUT2D eigenvalue weighted by Gasteiger charge is -2.31. The molecule has 0 spiro atoms. The fourth-order valence-electron chi connectivity index (χ4n) is 2.90. The van der Waals surface area contributed by atoms with E-state index in [0.717, 1.165) is 6.07 Å². The van der Waals surface area contributed by atoms with Crippen molar-refractivity contribution in [2.75, 3.05) is 16.8 Å². The first-order valence-corrected chi connectivity index (χ1v) is 8.31. The first-order valence-electron chi connectivity index (χ1n) is 8.31. The number of carbonyl (C=O) groups is 2. The number of nitrogens with zero attached hydrogens (tertiary/aromatic N) is 2. The molecule has 2 aromatic carbocycles. The molecule has 0 radical (unpaired) electrons. The van der Waals surface area contributed by atoms with Crippen molar-refractivity contribution >= 4 is 28.9 Å². The van der Waals surface area contributed by atoms with E-state index in [9.17, 15) is 32.9 Å². The summed E-state index contributed by atoms with van der Waals surface area (Å²) in [6.07, 6.45) is -5.84. The van der Waals surface area contributed by atoms with Gasteiger partial charge in [-0.25, -0.2) is 0 Å². The summed E-state index contributed by atoms with van der Waals surface area (Å²) in [5.41, 5.74) is -0.348. The molecule has 3 rings (SSSR count). The van der Waals surface area contributed by atoms with Crippen LogP contribution in [0.2, 0.25) is 0 Å². The van der Waals surface area contributed by atoms with Gasteiger partial charge in [0.25, 0.3) is 11.6 Å². The van der Waals surface area contributed by atoms with Gasteiger partial charge in [-0.3, -0.25) is 24.6 Å². The number of fused-ring (bicyclic) bond motifs is 1. The summed E-state index contributed by atoms with van der Waals surface area (Å²) in [6, 6.07) is 8.14. The number of halogens is 3. The molecule has 1 aliphatic heterocycles. The van der Waals surface area contributed by atoms with E-state index >= 15 is 0 Å². The molecular formula is C18H14F3N3O5. The van der Waals surface area contributed by atoms with E-state index in [1.165, 1.54) is 42.5 Å². The van der Waals surface area contributed by atoms with Gasteiger partial charge in [-0.15, -0.1) is 0 Å². The summed E-state index contributed by atoms with van der Waals surface area (Å²) in [7, 11) is 0. The molecule has 11 heteroatoms. The Balaban J connectivity index is 1.90. The maximum atomic E-state index is 13.6. The van der Waals surface area contributed by atoms with Crippen LogP contribution in [0.15, 0.2) is 48.5 Å². The van der Waals surface area contributed by atoms with Crippen LogP contribution in [0, 0.1) is 10.1 Å².